The van der Waals surface area contributed by atoms with Crippen molar-refractivity contribution in [3.8, 4) is 22.8 Å². The van der Waals surface area contributed by atoms with Gasteiger partial charge in [0.15, 0.2) is 11.5 Å². The lowest BCUT2D eigenvalue weighted by Gasteiger charge is -2.26. The van der Waals surface area contributed by atoms with Crippen molar-refractivity contribution in [2.24, 2.45) is 0 Å². The van der Waals surface area contributed by atoms with Crippen LogP contribution in [0.25, 0.3) is 11.3 Å². The molecule has 0 spiro atoms. The van der Waals surface area contributed by atoms with E-state index in [1.165, 1.54) is 4.90 Å². The summed E-state index contributed by atoms with van der Waals surface area (Å²) < 4.78 is 12.4. The highest BCUT2D eigenvalue weighted by Gasteiger charge is 2.28. The fraction of sp³-hybridized carbons (Fsp3) is 0.227. The molecule has 2 aliphatic rings. The van der Waals surface area contributed by atoms with Gasteiger partial charge in [-0.05, 0) is 29.8 Å². The van der Waals surface area contributed by atoms with Gasteiger partial charge in [-0.3, -0.25) is 14.5 Å². The van der Waals surface area contributed by atoms with Crippen LogP contribution >= 0.6 is 11.6 Å². The van der Waals surface area contributed by atoms with Gasteiger partial charge < -0.3 is 14.8 Å². The van der Waals surface area contributed by atoms with Crippen LogP contribution < -0.4 is 19.7 Å². The Labute approximate surface area is 183 Å². The number of carbonyl (C=O) groups is 2. The highest BCUT2D eigenvalue weighted by molar-refractivity contribution is 6.30. The molecule has 2 aromatic carbocycles. The van der Waals surface area contributed by atoms with E-state index >= 15 is 0 Å². The van der Waals surface area contributed by atoms with Gasteiger partial charge in [0, 0.05) is 29.6 Å². The summed E-state index contributed by atoms with van der Waals surface area (Å²) in [4.78, 5) is 26.6. The Morgan fingerprint density at radius 2 is 1.90 bits per heavy atom. The molecule has 0 bridgehead atoms. The van der Waals surface area contributed by atoms with Crippen LogP contribution in [0.4, 0.5) is 5.82 Å². The van der Waals surface area contributed by atoms with Crippen LogP contribution in [-0.2, 0) is 22.7 Å². The lowest BCUT2D eigenvalue weighted by atomic mass is 10.1. The van der Waals surface area contributed by atoms with Crippen LogP contribution in [0.15, 0.2) is 48.5 Å². The first-order valence-electron chi connectivity index (χ1n) is 9.86. The van der Waals surface area contributed by atoms with Crippen molar-refractivity contribution >= 4 is 29.2 Å². The van der Waals surface area contributed by atoms with Gasteiger partial charge in [-0.2, -0.15) is 5.10 Å². The second kappa shape index (κ2) is 7.96. The van der Waals surface area contributed by atoms with Crippen molar-refractivity contribution in [3.63, 3.8) is 0 Å². The van der Waals surface area contributed by atoms with Gasteiger partial charge in [0.25, 0.3) is 0 Å². The lowest BCUT2D eigenvalue weighted by Crippen LogP contribution is -2.44. The molecule has 3 aromatic rings. The van der Waals surface area contributed by atoms with Crippen molar-refractivity contribution in [3.05, 3.63) is 59.1 Å². The number of halogens is 1. The summed E-state index contributed by atoms with van der Waals surface area (Å²) >= 11 is 5.97. The molecule has 5 rings (SSSR count). The molecule has 2 amide bonds. The average Bonchev–Trinajstić information content (AvgIpc) is 3.41. The predicted molar refractivity (Wildman–Crippen MR) is 114 cm³/mol. The molecule has 8 nitrogen and oxygen atoms in total. The van der Waals surface area contributed by atoms with Crippen LogP contribution in [0.2, 0.25) is 5.02 Å². The van der Waals surface area contributed by atoms with Crippen molar-refractivity contribution in [2.75, 3.05) is 18.2 Å². The number of fused-ring (bicyclic) bond motifs is 2. The number of aryl methyl sites for hydroxylation is 1. The fourth-order valence-corrected chi connectivity index (χ4v) is 3.76. The zero-order valence-electron chi connectivity index (χ0n) is 16.5. The van der Waals surface area contributed by atoms with E-state index in [1.54, 1.807) is 16.8 Å². The molecule has 9 heteroatoms. The van der Waals surface area contributed by atoms with Gasteiger partial charge in [-0.25, -0.2) is 4.68 Å². The second-order valence-electron chi connectivity index (χ2n) is 7.31. The van der Waals surface area contributed by atoms with Crippen LogP contribution in [0.3, 0.4) is 0 Å². The minimum atomic E-state index is -0.256. The molecule has 3 heterocycles. The molecule has 31 heavy (non-hydrogen) atoms. The molecule has 0 saturated heterocycles. The maximum absolute atomic E-state index is 12.6. The number of carbonyl (C=O) groups excluding carboxylic acids is 2. The van der Waals surface area contributed by atoms with Crippen molar-refractivity contribution in [1.82, 2.24) is 15.1 Å². The Kier molecular flexibility index (Phi) is 4.99. The van der Waals surface area contributed by atoms with Gasteiger partial charge in [-0.15, -0.1) is 0 Å². The molecule has 0 atom stereocenters. The number of hydrogen-bond donors (Lipinski definition) is 1. The monoisotopic (exact) mass is 438 g/mol. The highest BCUT2D eigenvalue weighted by Crippen LogP contribution is 2.32. The molecule has 0 unspecified atom stereocenters. The fourth-order valence-electron chi connectivity index (χ4n) is 3.63. The van der Waals surface area contributed by atoms with Gasteiger partial charge in [0.1, 0.15) is 12.4 Å². The van der Waals surface area contributed by atoms with Crippen LogP contribution in [-0.4, -0.2) is 34.9 Å². The Morgan fingerprint density at radius 1 is 1.10 bits per heavy atom. The van der Waals surface area contributed by atoms with Gasteiger partial charge in [-0.1, -0.05) is 29.8 Å². The summed E-state index contributed by atoms with van der Waals surface area (Å²) in [7, 11) is 0. The number of anilines is 1. The average molecular weight is 439 g/mol. The van der Waals surface area contributed by atoms with E-state index in [0.717, 1.165) is 16.8 Å². The minimum Gasteiger partial charge on any atom is -0.454 e. The molecule has 1 aromatic heterocycles. The highest BCUT2D eigenvalue weighted by atomic mass is 35.5. The molecular weight excluding hydrogens is 420 g/mol. The summed E-state index contributed by atoms with van der Waals surface area (Å²) in [6, 6.07) is 14.7. The topological polar surface area (TPSA) is 85.7 Å². The summed E-state index contributed by atoms with van der Waals surface area (Å²) in [6.45, 7) is 0.937. The first kappa shape index (κ1) is 19.4. The van der Waals surface area contributed by atoms with Crippen molar-refractivity contribution < 1.29 is 19.1 Å². The SMILES string of the molecule is O=C(CN1C(=O)CCn2nc(-c3ccc(Cl)cc3)cc21)NCc1ccc2c(c1)OCO2. The maximum Gasteiger partial charge on any atom is 0.240 e. The summed E-state index contributed by atoms with van der Waals surface area (Å²) in [5.41, 5.74) is 2.51. The summed E-state index contributed by atoms with van der Waals surface area (Å²) in [6.07, 6.45) is 0.296. The molecule has 158 valence electrons. The van der Waals surface area contributed by atoms with E-state index in [0.29, 0.717) is 41.8 Å². The van der Waals surface area contributed by atoms with E-state index in [2.05, 4.69) is 10.4 Å². The number of benzene rings is 2. The Hall–Kier alpha value is -3.52. The smallest absolute Gasteiger partial charge is 0.240 e. The third-order valence-corrected chi connectivity index (χ3v) is 5.49. The number of nitrogens with zero attached hydrogens (tertiary/aromatic N) is 3. The third kappa shape index (κ3) is 3.94. The van der Waals surface area contributed by atoms with Gasteiger partial charge in [0.2, 0.25) is 18.6 Å². The van der Waals surface area contributed by atoms with E-state index < -0.39 is 0 Å². The molecule has 1 N–H and O–H groups in total. The largest absolute Gasteiger partial charge is 0.454 e. The van der Waals surface area contributed by atoms with Gasteiger partial charge in [0.05, 0.1) is 12.2 Å². The summed E-state index contributed by atoms with van der Waals surface area (Å²) in [5.74, 6) is 1.61. The maximum atomic E-state index is 12.6. The number of aromatic nitrogens is 2. The molecule has 0 radical (unpaired) electrons. The zero-order valence-corrected chi connectivity index (χ0v) is 17.3. The molecule has 0 fully saturated rings. The normalized spacial score (nSPS) is 14.5. The molecule has 0 aliphatic carbocycles. The van der Waals surface area contributed by atoms with Crippen molar-refractivity contribution in [2.45, 2.75) is 19.5 Å². The van der Waals surface area contributed by atoms with E-state index in [9.17, 15) is 9.59 Å². The Morgan fingerprint density at radius 3 is 2.74 bits per heavy atom. The number of amides is 2. The molecular formula is C22H19ClN4O4. The van der Waals surface area contributed by atoms with E-state index in [4.69, 9.17) is 21.1 Å². The van der Waals surface area contributed by atoms with Gasteiger partial charge >= 0.3 is 0 Å². The first-order chi connectivity index (χ1) is 15.1. The number of rotatable bonds is 5. The quantitative estimate of drug-likeness (QED) is 0.662. The number of hydrogen-bond acceptors (Lipinski definition) is 5. The standard InChI is InChI=1S/C22H19ClN4O4/c23-16-4-2-15(3-5-16)17-10-21-26(22(29)7-8-27(21)25-17)12-20(28)24-11-14-1-6-18-19(9-14)31-13-30-18/h1-6,9-10H,7-8,11-13H2,(H,24,28). The first-order valence-corrected chi connectivity index (χ1v) is 10.2. The summed E-state index contributed by atoms with van der Waals surface area (Å²) in [5, 5.41) is 8.09. The van der Waals surface area contributed by atoms with Crippen LogP contribution in [0, 0.1) is 0 Å². The van der Waals surface area contributed by atoms with E-state index in [-0.39, 0.29) is 25.2 Å². The third-order valence-electron chi connectivity index (χ3n) is 5.24. The lowest BCUT2D eigenvalue weighted by molar-refractivity contribution is -0.124. The number of nitrogens with one attached hydrogen (secondary N) is 1. The molecule has 0 saturated carbocycles. The second-order valence-corrected chi connectivity index (χ2v) is 7.75. The zero-order chi connectivity index (χ0) is 21.4. The predicted octanol–water partition coefficient (Wildman–Crippen LogP) is 2.99. The number of ether oxygens (including phenoxy) is 2. The van der Waals surface area contributed by atoms with E-state index in [1.807, 2.05) is 36.4 Å². The Bertz CT molecular complexity index is 1160. The van der Waals surface area contributed by atoms with Crippen LogP contribution in [0.5, 0.6) is 11.5 Å². The minimum absolute atomic E-state index is 0.0743. The van der Waals surface area contributed by atoms with Crippen molar-refractivity contribution in [1.29, 1.82) is 0 Å². The molecule has 2 aliphatic heterocycles. The van der Waals surface area contributed by atoms with Crippen LogP contribution in [0.1, 0.15) is 12.0 Å². The Balaban J connectivity index is 1.28.